The minimum absolute atomic E-state index is 0.0366. The van der Waals surface area contributed by atoms with Crippen molar-refractivity contribution < 1.29 is 13.2 Å². The maximum absolute atomic E-state index is 11.2. The van der Waals surface area contributed by atoms with Gasteiger partial charge in [-0.1, -0.05) is 12.1 Å². The number of ether oxygens (including phenoxy) is 1. The van der Waals surface area contributed by atoms with E-state index in [-0.39, 0.29) is 4.90 Å². The van der Waals surface area contributed by atoms with Gasteiger partial charge in [-0.3, -0.25) is 0 Å². The first-order valence-electron chi connectivity index (χ1n) is 5.12. The van der Waals surface area contributed by atoms with E-state index in [1.807, 2.05) is 24.3 Å². The van der Waals surface area contributed by atoms with Crippen LogP contribution in [0.1, 0.15) is 0 Å². The van der Waals surface area contributed by atoms with Gasteiger partial charge in [-0.2, -0.15) is 0 Å². The van der Waals surface area contributed by atoms with Crippen LogP contribution in [0, 0.1) is 3.57 Å². The zero-order chi connectivity index (χ0) is 14.0. The lowest BCUT2D eigenvalue weighted by Gasteiger charge is -2.10. The summed E-state index contributed by atoms with van der Waals surface area (Å²) in [5.74, 6) is 1.23. The predicted molar refractivity (Wildman–Crippen MR) is 84.7 cm³/mol. The molecule has 0 heterocycles. The van der Waals surface area contributed by atoms with Crippen molar-refractivity contribution in [3.8, 4) is 11.5 Å². The van der Waals surface area contributed by atoms with E-state index in [1.165, 1.54) is 12.1 Å². The van der Waals surface area contributed by atoms with E-state index in [0.717, 1.165) is 3.57 Å². The Hall–Kier alpha value is -0.640. The van der Waals surface area contributed by atoms with E-state index in [2.05, 4.69) is 38.5 Å². The monoisotopic (exact) mass is 453 g/mol. The molecule has 0 saturated carbocycles. The van der Waals surface area contributed by atoms with Crippen LogP contribution < -0.4 is 9.88 Å². The summed E-state index contributed by atoms with van der Waals surface area (Å²) in [5, 5.41) is 5.06. The minimum Gasteiger partial charge on any atom is -0.455 e. The number of halogens is 2. The second-order valence-electron chi connectivity index (χ2n) is 3.67. The largest absolute Gasteiger partial charge is 0.455 e. The highest BCUT2D eigenvalue weighted by Crippen LogP contribution is 2.33. The average Bonchev–Trinajstić information content (AvgIpc) is 2.33. The molecule has 0 aliphatic rings. The number of hydrogen-bond acceptors (Lipinski definition) is 3. The Morgan fingerprint density at radius 3 is 2.37 bits per heavy atom. The molecule has 0 atom stereocenters. The van der Waals surface area contributed by atoms with Crippen LogP contribution >= 0.6 is 38.5 Å². The topological polar surface area (TPSA) is 69.4 Å². The second-order valence-corrected chi connectivity index (χ2v) is 7.25. The molecule has 4 nitrogen and oxygen atoms in total. The molecule has 2 aromatic carbocycles. The van der Waals surface area contributed by atoms with Gasteiger partial charge in [-0.05, 0) is 68.9 Å². The summed E-state index contributed by atoms with van der Waals surface area (Å²) < 4.78 is 29.7. The molecule has 2 aromatic rings. The smallest absolute Gasteiger partial charge is 0.238 e. The van der Waals surface area contributed by atoms with Crippen molar-refractivity contribution in [2.75, 3.05) is 0 Å². The lowest BCUT2D eigenvalue weighted by atomic mass is 10.3. The van der Waals surface area contributed by atoms with Gasteiger partial charge in [0, 0.05) is 0 Å². The summed E-state index contributed by atoms with van der Waals surface area (Å²) in [6, 6.07) is 11.9. The molecule has 100 valence electrons. The van der Waals surface area contributed by atoms with E-state index >= 15 is 0 Å². The summed E-state index contributed by atoms with van der Waals surface area (Å²) in [6.45, 7) is 0. The van der Waals surface area contributed by atoms with Crippen LogP contribution in [0.4, 0.5) is 0 Å². The molecular formula is C12H9BrINO3S. The lowest BCUT2D eigenvalue weighted by molar-refractivity contribution is 0.475. The van der Waals surface area contributed by atoms with Crippen LogP contribution in [0.3, 0.4) is 0 Å². The molecule has 2 N–H and O–H groups in total. The first-order valence-corrected chi connectivity index (χ1v) is 8.54. The Labute approximate surface area is 133 Å². The SMILES string of the molecule is NS(=O)(=O)c1ccc(Oc2ccccc2I)c(Br)c1. The third-order valence-electron chi connectivity index (χ3n) is 2.29. The van der Waals surface area contributed by atoms with Crippen molar-refractivity contribution in [2.45, 2.75) is 4.90 Å². The highest BCUT2D eigenvalue weighted by Gasteiger charge is 2.12. The second kappa shape index (κ2) is 5.78. The van der Waals surface area contributed by atoms with Gasteiger partial charge in [0.05, 0.1) is 12.9 Å². The van der Waals surface area contributed by atoms with E-state index in [9.17, 15) is 8.42 Å². The predicted octanol–water partition coefficient (Wildman–Crippen LogP) is 3.49. The highest BCUT2D eigenvalue weighted by atomic mass is 127. The van der Waals surface area contributed by atoms with Gasteiger partial charge in [-0.25, -0.2) is 13.6 Å². The highest BCUT2D eigenvalue weighted by molar-refractivity contribution is 14.1. The Morgan fingerprint density at radius 1 is 1.11 bits per heavy atom. The molecule has 0 bridgehead atoms. The van der Waals surface area contributed by atoms with Gasteiger partial charge < -0.3 is 4.74 Å². The molecule has 0 fully saturated rings. The standard InChI is InChI=1S/C12H9BrINO3S/c13-9-7-8(19(15,16)17)5-6-11(9)18-12-4-2-1-3-10(12)14/h1-7H,(H2,15,16,17). The Kier molecular flexibility index (Phi) is 4.49. The lowest BCUT2D eigenvalue weighted by Crippen LogP contribution is -2.11. The van der Waals surface area contributed by atoms with Crippen LogP contribution in [-0.2, 0) is 10.0 Å². The number of nitrogens with two attached hydrogens (primary N) is 1. The number of para-hydroxylation sites is 1. The molecule has 0 saturated heterocycles. The number of primary sulfonamides is 1. The van der Waals surface area contributed by atoms with Crippen molar-refractivity contribution in [1.29, 1.82) is 0 Å². The third kappa shape index (κ3) is 3.68. The van der Waals surface area contributed by atoms with Gasteiger partial charge in [0.2, 0.25) is 10.0 Å². The van der Waals surface area contributed by atoms with Crippen molar-refractivity contribution in [1.82, 2.24) is 0 Å². The molecule has 0 aliphatic heterocycles. The third-order valence-corrected chi connectivity index (χ3v) is 4.71. The van der Waals surface area contributed by atoms with Crippen molar-refractivity contribution in [3.05, 3.63) is 50.5 Å². The van der Waals surface area contributed by atoms with Gasteiger partial charge in [0.25, 0.3) is 0 Å². The summed E-state index contributed by atoms with van der Waals surface area (Å²) in [7, 11) is -3.71. The zero-order valence-corrected chi connectivity index (χ0v) is 14.1. The average molecular weight is 454 g/mol. The number of benzene rings is 2. The molecule has 0 amide bonds. The number of hydrogen-bond donors (Lipinski definition) is 1. The van der Waals surface area contributed by atoms with E-state index in [0.29, 0.717) is 16.0 Å². The Morgan fingerprint density at radius 2 is 1.79 bits per heavy atom. The first kappa shape index (κ1) is 14.8. The fraction of sp³-hybridized carbons (Fsp3) is 0. The Balaban J connectivity index is 2.36. The summed E-state index contributed by atoms with van der Waals surface area (Å²) in [5.41, 5.74) is 0. The maximum Gasteiger partial charge on any atom is 0.238 e. The van der Waals surface area contributed by atoms with E-state index < -0.39 is 10.0 Å². The van der Waals surface area contributed by atoms with Crippen LogP contribution in [0.15, 0.2) is 51.8 Å². The maximum atomic E-state index is 11.2. The molecule has 0 unspecified atom stereocenters. The molecule has 7 heteroatoms. The van der Waals surface area contributed by atoms with Crippen LogP contribution in [-0.4, -0.2) is 8.42 Å². The van der Waals surface area contributed by atoms with E-state index in [4.69, 9.17) is 9.88 Å². The minimum atomic E-state index is -3.71. The molecule has 19 heavy (non-hydrogen) atoms. The number of rotatable bonds is 3. The molecular weight excluding hydrogens is 445 g/mol. The molecule has 0 aliphatic carbocycles. The van der Waals surface area contributed by atoms with Crippen molar-refractivity contribution in [3.63, 3.8) is 0 Å². The van der Waals surface area contributed by atoms with Gasteiger partial charge in [0.15, 0.2) is 0 Å². The van der Waals surface area contributed by atoms with Gasteiger partial charge in [-0.15, -0.1) is 0 Å². The van der Waals surface area contributed by atoms with E-state index in [1.54, 1.807) is 6.07 Å². The molecule has 0 aromatic heterocycles. The normalized spacial score (nSPS) is 11.3. The molecule has 0 radical (unpaired) electrons. The Bertz CT molecular complexity index is 719. The van der Waals surface area contributed by atoms with Crippen LogP contribution in [0.25, 0.3) is 0 Å². The molecule has 0 spiro atoms. The number of sulfonamides is 1. The zero-order valence-electron chi connectivity index (χ0n) is 9.51. The molecule has 2 rings (SSSR count). The van der Waals surface area contributed by atoms with Crippen molar-refractivity contribution in [2.24, 2.45) is 5.14 Å². The van der Waals surface area contributed by atoms with Crippen molar-refractivity contribution >= 4 is 48.5 Å². The summed E-state index contributed by atoms with van der Waals surface area (Å²) >= 11 is 5.44. The first-order chi connectivity index (χ1) is 8.88. The quantitative estimate of drug-likeness (QED) is 0.723. The fourth-order valence-corrected chi connectivity index (χ4v) is 3.04. The van der Waals surface area contributed by atoms with Crippen LogP contribution in [0.2, 0.25) is 0 Å². The summed E-state index contributed by atoms with van der Waals surface area (Å²) in [6.07, 6.45) is 0. The van der Waals surface area contributed by atoms with Gasteiger partial charge in [0.1, 0.15) is 11.5 Å². The fourth-order valence-electron chi connectivity index (χ4n) is 1.39. The van der Waals surface area contributed by atoms with Gasteiger partial charge >= 0.3 is 0 Å². The summed E-state index contributed by atoms with van der Waals surface area (Å²) in [4.78, 5) is 0.0366. The van der Waals surface area contributed by atoms with Crippen LogP contribution in [0.5, 0.6) is 11.5 Å².